The summed E-state index contributed by atoms with van der Waals surface area (Å²) >= 11 is 0. The first kappa shape index (κ1) is 10.2. The van der Waals surface area contributed by atoms with E-state index in [9.17, 15) is 0 Å². The number of hydrogen-bond donors (Lipinski definition) is 1. The van der Waals surface area contributed by atoms with E-state index in [1.54, 1.807) is 0 Å². The van der Waals surface area contributed by atoms with Crippen LogP contribution in [0.5, 0.6) is 0 Å². The Bertz CT molecular complexity index is 256. The molecule has 0 aromatic heterocycles. The van der Waals surface area contributed by atoms with Crippen LogP contribution in [0.1, 0.15) is 31.9 Å². The zero-order valence-corrected chi connectivity index (χ0v) is 8.37. The third-order valence-electron chi connectivity index (χ3n) is 2.05. The Hall–Kier alpha value is -0.860. The molecule has 0 unspecified atom stereocenters. The SMILES string of the molecule is CC(C)(C)c1ccc(COO)cc1. The Labute approximate surface area is 79.1 Å². The molecule has 2 nitrogen and oxygen atoms in total. The van der Waals surface area contributed by atoms with Gasteiger partial charge in [-0.15, -0.1) is 0 Å². The molecule has 0 spiro atoms. The maximum atomic E-state index is 8.25. The molecule has 13 heavy (non-hydrogen) atoms. The molecule has 0 aliphatic rings. The normalized spacial score (nSPS) is 11.7. The van der Waals surface area contributed by atoms with Gasteiger partial charge in [-0.2, -0.15) is 0 Å². The van der Waals surface area contributed by atoms with Gasteiger partial charge in [0.1, 0.15) is 6.61 Å². The van der Waals surface area contributed by atoms with E-state index < -0.39 is 0 Å². The van der Waals surface area contributed by atoms with Crippen molar-refractivity contribution in [1.29, 1.82) is 0 Å². The predicted octanol–water partition coefficient (Wildman–Crippen LogP) is 2.97. The summed E-state index contributed by atoms with van der Waals surface area (Å²) in [5, 5.41) is 8.25. The topological polar surface area (TPSA) is 29.5 Å². The molecule has 1 rings (SSSR count). The highest BCUT2D eigenvalue weighted by Gasteiger charge is 2.12. The highest BCUT2D eigenvalue weighted by molar-refractivity contribution is 5.27. The molecule has 1 N–H and O–H groups in total. The molecule has 0 aliphatic heterocycles. The van der Waals surface area contributed by atoms with E-state index in [4.69, 9.17) is 5.26 Å². The summed E-state index contributed by atoms with van der Waals surface area (Å²) in [5.41, 5.74) is 2.45. The molecule has 0 aliphatic carbocycles. The summed E-state index contributed by atoms with van der Waals surface area (Å²) in [6.07, 6.45) is 0. The molecule has 2 heteroatoms. The van der Waals surface area contributed by atoms with E-state index in [1.165, 1.54) is 5.56 Å². The van der Waals surface area contributed by atoms with Crippen LogP contribution in [0.15, 0.2) is 24.3 Å². The molecular weight excluding hydrogens is 164 g/mol. The molecule has 0 heterocycles. The lowest BCUT2D eigenvalue weighted by Gasteiger charge is -2.18. The van der Waals surface area contributed by atoms with Crippen LogP contribution < -0.4 is 0 Å². The van der Waals surface area contributed by atoms with Crippen molar-refractivity contribution in [1.82, 2.24) is 0 Å². The zero-order valence-electron chi connectivity index (χ0n) is 8.37. The molecule has 1 aromatic rings. The molecule has 0 saturated heterocycles. The van der Waals surface area contributed by atoms with Gasteiger partial charge in [0.25, 0.3) is 0 Å². The Kier molecular flexibility index (Phi) is 3.07. The van der Waals surface area contributed by atoms with Crippen LogP contribution in [0.2, 0.25) is 0 Å². The summed E-state index contributed by atoms with van der Waals surface area (Å²) in [6.45, 7) is 6.77. The van der Waals surface area contributed by atoms with Gasteiger partial charge in [-0.25, -0.2) is 4.89 Å². The minimum atomic E-state index is 0.179. The van der Waals surface area contributed by atoms with Crippen LogP contribution in [-0.4, -0.2) is 5.26 Å². The Morgan fingerprint density at radius 3 is 2.08 bits per heavy atom. The largest absolute Gasteiger partial charge is 0.251 e. The van der Waals surface area contributed by atoms with Crippen molar-refractivity contribution >= 4 is 0 Å². The highest BCUT2D eigenvalue weighted by Crippen LogP contribution is 2.22. The first-order chi connectivity index (χ1) is 6.04. The second kappa shape index (κ2) is 3.90. The Morgan fingerprint density at radius 2 is 1.69 bits per heavy atom. The van der Waals surface area contributed by atoms with Crippen molar-refractivity contribution in [3.05, 3.63) is 35.4 Å². The van der Waals surface area contributed by atoms with Crippen molar-refractivity contribution in [3.8, 4) is 0 Å². The van der Waals surface area contributed by atoms with Crippen LogP contribution in [0.25, 0.3) is 0 Å². The van der Waals surface area contributed by atoms with Crippen LogP contribution in [0.4, 0.5) is 0 Å². The van der Waals surface area contributed by atoms with Gasteiger partial charge in [0.15, 0.2) is 0 Å². The average molecular weight is 180 g/mol. The fourth-order valence-electron chi connectivity index (χ4n) is 1.18. The second-order valence-corrected chi connectivity index (χ2v) is 4.22. The molecule has 0 fully saturated rings. The lowest BCUT2D eigenvalue weighted by atomic mass is 9.87. The molecule has 1 aromatic carbocycles. The second-order valence-electron chi connectivity index (χ2n) is 4.22. The quantitative estimate of drug-likeness (QED) is 0.560. The third kappa shape index (κ3) is 2.83. The Balaban J connectivity index is 2.81. The molecule has 0 saturated carbocycles. The van der Waals surface area contributed by atoms with E-state index >= 15 is 0 Å². The van der Waals surface area contributed by atoms with Crippen LogP contribution in [-0.2, 0) is 16.9 Å². The van der Waals surface area contributed by atoms with Gasteiger partial charge >= 0.3 is 0 Å². The van der Waals surface area contributed by atoms with Crippen molar-refractivity contribution in [2.24, 2.45) is 0 Å². The third-order valence-corrected chi connectivity index (χ3v) is 2.05. The average Bonchev–Trinajstić information content (AvgIpc) is 2.04. The van der Waals surface area contributed by atoms with Crippen molar-refractivity contribution < 1.29 is 10.1 Å². The highest BCUT2D eigenvalue weighted by atomic mass is 17.1. The van der Waals surface area contributed by atoms with Gasteiger partial charge in [0.05, 0.1) is 0 Å². The van der Waals surface area contributed by atoms with Gasteiger partial charge < -0.3 is 0 Å². The number of hydrogen-bond acceptors (Lipinski definition) is 2. The first-order valence-corrected chi connectivity index (χ1v) is 4.40. The molecule has 0 atom stereocenters. The van der Waals surface area contributed by atoms with Gasteiger partial charge in [-0.1, -0.05) is 45.0 Å². The molecule has 0 bridgehead atoms. The lowest BCUT2D eigenvalue weighted by molar-refractivity contribution is -0.253. The summed E-state index contributed by atoms with van der Waals surface area (Å²) in [7, 11) is 0. The molecule has 72 valence electrons. The fraction of sp³-hybridized carbons (Fsp3) is 0.455. The molecule has 0 radical (unpaired) electrons. The minimum Gasteiger partial charge on any atom is -0.251 e. The lowest BCUT2D eigenvalue weighted by Crippen LogP contribution is -2.10. The fourth-order valence-corrected chi connectivity index (χ4v) is 1.18. The van der Waals surface area contributed by atoms with E-state index in [-0.39, 0.29) is 12.0 Å². The maximum Gasteiger partial charge on any atom is 0.107 e. The first-order valence-electron chi connectivity index (χ1n) is 4.40. The van der Waals surface area contributed by atoms with Crippen molar-refractivity contribution in [3.63, 3.8) is 0 Å². The van der Waals surface area contributed by atoms with Crippen LogP contribution in [0.3, 0.4) is 0 Å². The van der Waals surface area contributed by atoms with Gasteiger partial charge in [-0.05, 0) is 16.5 Å². The predicted molar refractivity (Wildman–Crippen MR) is 52.6 cm³/mol. The molecule has 0 amide bonds. The summed E-state index contributed by atoms with van der Waals surface area (Å²) in [6, 6.07) is 8.07. The smallest absolute Gasteiger partial charge is 0.107 e. The molecular formula is C11H16O2. The standard InChI is InChI=1S/C11H16O2/c1-11(2,3)10-6-4-9(5-7-10)8-13-12/h4-7,12H,8H2,1-3H3. The van der Waals surface area contributed by atoms with Crippen LogP contribution >= 0.6 is 0 Å². The van der Waals surface area contributed by atoms with E-state index in [0.717, 1.165) is 5.56 Å². The minimum absolute atomic E-state index is 0.179. The van der Waals surface area contributed by atoms with Gasteiger partial charge in [-0.3, -0.25) is 5.26 Å². The van der Waals surface area contributed by atoms with E-state index in [2.05, 4.69) is 37.8 Å². The summed E-state index contributed by atoms with van der Waals surface area (Å²) in [4.78, 5) is 4.05. The number of rotatable bonds is 2. The van der Waals surface area contributed by atoms with Crippen molar-refractivity contribution in [2.75, 3.05) is 0 Å². The van der Waals surface area contributed by atoms with Gasteiger partial charge in [0.2, 0.25) is 0 Å². The number of benzene rings is 1. The van der Waals surface area contributed by atoms with Gasteiger partial charge in [0, 0.05) is 0 Å². The van der Waals surface area contributed by atoms with Crippen molar-refractivity contribution in [2.45, 2.75) is 32.8 Å². The maximum absolute atomic E-state index is 8.25. The van der Waals surface area contributed by atoms with E-state index in [0.29, 0.717) is 0 Å². The zero-order chi connectivity index (χ0) is 9.90. The summed E-state index contributed by atoms with van der Waals surface area (Å²) < 4.78 is 0. The monoisotopic (exact) mass is 180 g/mol. The summed E-state index contributed by atoms with van der Waals surface area (Å²) in [5.74, 6) is 0. The van der Waals surface area contributed by atoms with Crippen LogP contribution in [0, 0.1) is 0 Å². The van der Waals surface area contributed by atoms with E-state index in [1.807, 2.05) is 12.1 Å². The Morgan fingerprint density at radius 1 is 1.15 bits per heavy atom.